The summed E-state index contributed by atoms with van der Waals surface area (Å²) in [5.74, 6) is -0.774. The molecule has 0 aliphatic rings. The van der Waals surface area contributed by atoms with Gasteiger partial charge < -0.3 is 9.47 Å². The molecular weight excluding hydrogens is 268 g/mol. The number of ether oxygens (including phenoxy) is 2. The van der Waals surface area contributed by atoms with Crippen LogP contribution in [0.3, 0.4) is 0 Å². The molecule has 0 aliphatic carbocycles. The van der Waals surface area contributed by atoms with Gasteiger partial charge in [-0.15, -0.1) is 11.3 Å². The van der Waals surface area contributed by atoms with Crippen molar-refractivity contribution >= 4 is 11.3 Å². The first-order valence-electron chi connectivity index (χ1n) is 7.18. The standard InChI is InChI=1S/C17H22O2S/c1-4-14-9-11-15(12-10-14)17(18-5-2,19-6-3)16-8-7-13-20-16/h7-13H,4-6H2,1-3H3. The van der Waals surface area contributed by atoms with E-state index in [1.54, 1.807) is 11.3 Å². The summed E-state index contributed by atoms with van der Waals surface area (Å²) in [6.45, 7) is 7.37. The van der Waals surface area contributed by atoms with E-state index in [-0.39, 0.29) is 0 Å². The third-order valence-corrected chi connectivity index (χ3v) is 4.23. The highest BCUT2D eigenvalue weighted by Crippen LogP contribution is 2.37. The molecule has 0 saturated carbocycles. The average Bonchev–Trinajstić information content (AvgIpc) is 3.02. The van der Waals surface area contributed by atoms with E-state index in [9.17, 15) is 0 Å². The second-order valence-electron chi connectivity index (χ2n) is 4.51. The van der Waals surface area contributed by atoms with E-state index in [1.165, 1.54) is 5.56 Å². The van der Waals surface area contributed by atoms with Crippen molar-refractivity contribution in [1.29, 1.82) is 0 Å². The zero-order valence-corrected chi connectivity index (χ0v) is 13.2. The summed E-state index contributed by atoms with van der Waals surface area (Å²) in [5, 5.41) is 2.06. The first-order valence-corrected chi connectivity index (χ1v) is 8.06. The van der Waals surface area contributed by atoms with Crippen molar-refractivity contribution in [3.05, 3.63) is 57.8 Å². The van der Waals surface area contributed by atoms with Crippen LogP contribution in [0.15, 0.2) is 41.8 Å². The van der Waals surface area contributed by atoms with Crippen LogP contribution in [-0.4, -0.2) is 13.2 Å². The summed E-state index contributed by atoms with van der Waals surface area (Å²) in [7, 11) is 0. The molecule has 1 aromatic heterocycles. The van der Waals surface area contributed by atoms with Crippen molar-refractivity contribution in [2.45, 2.75) is 33.0 Å². The highest BCUT2D eigenvalue weighted by Gasteiger charge is 2.37. The van der Waals surface area contributed by atoms with Gasteiger partial charge in [-0.3, -0.25) is 0 Å². The Balaban J connectivity index is 2.48. The Labute approximate surface area is 125 Å². The quantitative estimate of drug-likeness (QED) is 0.695. The SMILES string of the molecule is CCOC(OCC)(c1ccc(CC)cc1)c1cccs1. The summed E-state index contributed by atoms with van der Waals surface area (Å²) in [6.07, 6.45) is 1.04. The summed E-state index contributed by atoms with van der Waals surface area (Å²) in [6, 6.07) is 12.6. The van der Waals surface area contributed by atoms with E-state index < -0.39 is 5.79 Å². The number of rotatable bonds is 7. The maximum Gasteiger partial charge on any atom is 0.231 e. The summed E-state index contributed by atoms with van der Waals surface area (Å²) in [4.78, 5) is 1.09. The molecule has 1 aromatic carbocycles. The molecular formula is C17H22O2S. The molecule has 1 heterocycles. The molecule has 20 heavy (non-hydrogen) atoms. The molecule has 0 radical (unpaired) electrons. The molecule has 2 rings (SSSR count). The molecule has 0 spiro atoms. The Morgan fingerprint density at radius 3 is 2.05 bits per heavy atom. The number of aryl methyl sites for hydroxylation is 1. The summed E-state index contributed by atoms with van der Waals surface area (Å²) in [5.41, 5.74) is 2.38. The summed E-state index contributed by atoms with van der Waals surface area (Å²) < 4.78 is 12.1. The van der Waals surface area contributed by atoms with Gasteiger partial charge in [0.2, 0.25) is 5.79 Å². The van der Waals surface area contributed by atoms with Gasteiger partial charge in [-0.05, 0) is 37.3 Å². The normalized spacial score (nSPS) is 11.8. The van der Waals surface area contributed by atoms with Gasteiger partial charge in [-0.1, -0.05) is 37.3 Å². The van der Waals surface area contributed by atoms with Gasteiger partial charge in [0.15, 0.2) is 0 Å². The molecule has 0 unspecified atom stereocenters. The van der Waals surface area contributed by atoms with Gasteiger partial charge in [0.05, 0.1) is 4.88 Å². The van der Waals surface area contributed by atoms with Gasteiger partial charge in [-0.2, -0.15) is 0 Å². The monoisotopic (exact) mass is 290 g/mol. The van der Waals surface area contributed by atoms with E-state index in [2.05, 4.69) is 42.6 Å². The molecule has 0 amide bonds. The highest BCUT2D eigenvalue weighted by molar-refractivity contribution is 7.10. The number of benzene rings is 1. The van der Waals surface area contributed by atoms with Crippen LogP contribution in [0, 0.1) is 0 Å². The third kappa shape index (κ3) is 2.95. The van der Waals surface area contributed by atoms with Crippen molar-refractivity contribution < 1.29 is 9.47 Å². The maximum atomic E-state index is 6.06. The summed E-state index contributed by atoms with van der Waals surface area (Å²) >= 11 is 1.66. The van der Waals surface area contributed by atoms with Crippen molar-refractivity contribution in [2.75, 3.05) is 13.2 Å². The van der Waals surface area contributed by atoms with Crippen LogP contribution in [0.25, 0.3) is 0 Å². The molecule has 3 heteroatoms. The lowest BCUT2D eigenvalue weighted by molar-refractivity contribution is -0.210. The van der Waals surface area contributed by atoms with E-state index >= 15 is 0 Å². The lowest BCUT2D eigenvalue weighted by atomic mass is 10.0. The largest absolute Gasteiger partial charge is 0.342 e. The zero-order valence-electron chi connectivity index (χ0n) is 12.4. The minimum atomic E-state index is -0.774. The van der Waals surface area contributed by atoms with Crippen molar-refractivity contribution in [1.82, 2.24) is 0 Å². The Hall–Kier alpha value is -1.16. The van der Waals surface area contributed by atoms with Gasteiger partial charge >= 0.3 is 0 Å². The fourth-order valence-corrected chi connectivity index (χ4v) is 3.18. The lowest BCUT2D eigenvalue weighted by Gasteiger charge is -2.33. The number of thiophene rings is 1. The predicted octanol–water partition coefficient (Wildman–Crippen LogP) is 4.58. The average molecular weight is 290 g/mol. The van der Waals surface area contributed by atoms with Crippen LogP contribution in [-0.2, 0) is 21.7 Å². The maximum absolute atomic E-state index is 6.06. The fraction of sp³-hybridized carbons (Fsp3) is 0.412. The minimum Gasteiger partial charge on any atom is -0.342 e. The Morgan fingerprint density at radius 2 is 1.60 bits per heavy atom. The molecule has 0 atom stereocenters. The molecule has 2 nitrogen and oxygen atoms in total. The Bertz CT molecular complexity index is 496. The van der Waals surface area contributed by atoms with Crippen LogP contribution in [0.4, 0.5) is 0 Å². The minimum absolute atomic E-state index is 0.605. The van der Waals surface area contributed by atoms with E-state index in [0.29, 0.717) is 13.2 Å². The third-order valence-electron chi connectivity index (χ3n) is 3.28. The van der Waals surface area contributed by atoms with Crippen LogP contribution < -0.4 is 0 Å². The molecule has 0 aliphatic heterocycles. The number of hydrogen-bond donors (Lipinski definition) is 0. The first-order chi connectivity index (χ1) is 9.76. The van der Waals surface area contributed by atoms with Crippen LogP contribution in [0.1, 0.15) is 36.8 Å². The van der Waals surface area contributed by atoms with Crippen LogP contribution >= 0.6 is 11.3 Å². The lowest BCUT2D eigenvalue weighted by Crippen LogP contribution is -2.34. The van der Waals surface area contributed by atoms with Gasteiger partial charge in [0.1, 0.15) is 0 Å². The fourth-order valence-electron chi connectivity index (χ4n) is 2.33. The van der Waals surface area contributed by atoms with Gasteiger partial charge in [-0.25, -0.2) is 0 Å². The Morgan fingerprint density at radius 1 is 0.950 bits per heavy atom. The molecule has 0 fully saturated rings. The van der Waals surface area contributed by atoms with Crippen LogP contribution in [0.2, 0.25) is 0 Å². The molecule has 0 bridgehead atoms. The second-order valence-corrected chi connectivity index (χ2v) is 5.46. The zero-order chi connectivity index (χ0) is 14.4. The first kappa shape index (κ1) is 15.2. The molecule has 0 N–H and O–H groups in total. The van der Waals surface area contributed by atoms with Gasteiger partial charge in [0, 0.05) is 18.8 Å². The van der Waals surface area contributed by atoms with Crippen LogP contribution in [0.5, 0.6) is 0 Å². The van der Waals surface area contributed by atoms with Crippen molar-refractivity contribution in [2.24, 2.45) is 0 Å². The topological polar surface area (TPSA) is 18.5 Å². The highest BCUT2D eigenvalue weighted by atomic mass is 32.1. The molecule has 2 aromatic rings. The Kier molecular flexibility index (Phi) is 5.35. The molecule has 0 saturated heterocycles. The van der Waals surface area contributed by atoms with E-state index in [0.717, 1.165) is 16.9 Å². The van der Waals surface area contributed by atoms with E-state index in [4.69, 9.17) is 9.47 Å². The van der Waals surface area contributed by atoms with Crippen molar-refractivity contribution in [3.63, 3.8) is 0 Å². The molecule has 108 valence electrons. The second kappa shape index (κ2) is 7.02. The van der Waals surface area contributed by atoms with E-state index in [1.807, 2.05) is 19.9 Å². The van der Waals surface area contributed by atoms with Crippen molar-refractivity contribution in [3.8, 4) is 0 Å². The number of hydrogen-bond acceptors (Lipinski definition) is 3. The predicted molar refractivity (Wildman–Crippen MR) is 84.2 cm³/mol. The van der Waals surface area contributed by atoms with Gasteiger partial charge in [0.25, 0.3) is 0 Å². The smallest absolute Gasteiger partial charge is 0.231 e.